The van der Waals surface area contributed by atoms with Crippen LogP contribution in [0.15, 0.2) is 30.6 Å². The summed E-state index contributed by atoms with van der Waals surface area (Å²) in [5.74, 6) is 0.506. The Labute approximate surface area is 104 Å². The van der Waals surface area contributed by atoms with E-state index in [1.54, 1.807) is 24.5 Å². The quantitative estimate of drug-likeness (QED) is 0.880. The minimum Gasteiger partial charge on any atom is -0.347 e. The van der Waals surface area contributed by atoms with Crippen LogP contribution in [0.25, 0.3) is 0 Å². The molecule has 1 aromatic carbocycles. The molecule has 1 unspecified atom stereocenters. The molecule has 5 heteroatoms. The summed E-state index contributed by atoms with van der Waals surface area (Å²) in [4.78, 5) is 7.18. The summed E-state index contributed by atoms with van der Waals surface area (Å²) in [5, 5.41) is 3.51. The van der Waals surface area contributed by atoms with E-state index >= 15 is 0 Å². The zero-order chi connectivity index (χ0) is 12.3. The average Bonchev–Trinajstić information content (AvgIpc) is 2.81. The van der Waals surface area contributed by atoms with E-state index in [2.05, 4.69) is 15.3 Å². The molecular weight excluding hydrogens is 241 g/mol. The van der Waals surface area contributed by atoms with Crippen molar-refractivity contribution in [3.63, 3.8) is 0 Å². The molecule has 0 bridgehead atoms. The van der Waals surface area contributed by atoms with E-state index in [9.17, 15) is 4.39 Å². The van der Waals surface area contributed by atoms with Crippen molar-refractivity contribution >= 4 is 11.6 Å². The Bertz CT molecular complexity index is 485. The van der Waals surface area contributed by atoms with Crippen LogP contribution in [-0.2, 0) is 6.42 Å². The standard InChI is InChI=1S/C12H13ClFN3/c1-15-11(12-16-4-5-17-12)6-8-2-3-9(13)7-10(8)14/h2-5,7,11,15H,6H2,1H3,(H,16,17). The monoisotopic (exact) mass is 253 g/mol. The Balaban J connectivity index is 2.19. The van der Waals surface area contributed by atoms with Crippen molar-refractivity contribution in [3.05, 3.63) is 52.8 Å². The third-order valence-corrected chi connectivity index (χ3v) is 2.87. The largest absolute Gasteiger partial charge is 0.347 e. The molecule has 0 aliphatic rings. The summed E-state index contributed by atoms with van der Waals surface area (Å²) in [6.07, 6.45) is 3.95. The second-order valence-electron chi connectivity index (χ2n) is 3.76. The van der Waals surface area contributed by atoms with Crippen molar-refractivity contribution in [2.24, 2.45) is 0 Å². The summed E-state index contributed by atoms with van der Waals surface area (Å²) in [5.41, 5.74) is 0.616. The number of rotatable bonds is 4. The van der Waals surface area contributed by atoms with E-state index in [-0.39, 0.29) is 11.9 Å². The Kier molecular flexibility index (Phi) is 3.76. The van der Waals surface area contributed by atoms with Crippen molar-refractivity contribution in [1.29, 1.82) is 0 Å². The number of benzene rings is 1. The molecule has 2 N–H and O–H groups in total. The van der Waals surface area contributed by atoms with Gasteiger partial charge in [0.15, 0.2) is 0 Å². The van der Waals surface area contributed by atoms with Crippen LogP contribution in [-0.4, -0.2) is 17.0 Å². The van der Waals surface area contributed by atoms with E-state index < -0.39 is 0 Å². The third-order valence-electron chi connectivity index (χ3n) is 2.64. The van der Waals surface area contributed by atoms with Gasteiger partial charge in [-0.25, -0.2) is 9.37 Å². The number of hydrogen-bond donors (Lipinski definition) is 2. The van der Waals surface area contributed by atoms with Gasteiger partial charge >= 0.3 is 0 Å². The van der Waals surface area contributed by atoms with Crippen LogP contribution in [0.1, 0.15) is 17.4 Å². The Morgan fingerprint density at radius 3 is 2.94 bits per heavy atom. The fourth-order valence-corrected chi connectivity index (χ4v) is 1.87. The number of aromatic amines is 1. The van der Waals surface area contributed by atoms with Gasteiger partial charge in [0.1, 0.15) is 11.6 Å². The number of nitrogens with zero attached hydrogens (tertiary/aromatic N) is 1. The molecule has 2 rings (SSSR count). The summed E-state index contributed by atoms with van der Waals surface area (Å²) >= 11 is 5.71. The fourth-order valence-electron chi connectivity index (χ4n) is 1.71. The molecule has 1 aromatic heterocycles. The molecule has 0 fully saturated rings. The number of nitrogens with one attached hydrogen (secondary N) is 2. The van der Waals surface area contributed by atoms with E-state index in [0.29, 0.717) is 17.0 Å². The highest BCUT2D eigenvalue weighted by atomic mass is 35.5. The van der Waals surface area contributed by atoms with Crippen LogP contribution in [0.5, 0.6) is 0 Å². The maximum atomic E-state index is 13.6. The van der Waals surface area contributed by atoms with E-state index in [0.717, 1.165) is 5.82 Å². The van der Waals surface area contributed by atoms with Gasteiger partial charge in [0.25, 0.3) is 0 Å². The molecule has 0 amide bonds. The van der Waals surface area contributed by atoms with Crippen molar-refractivity contribution in [3.8, 4) is 0 Å². The highest BCUT2D eigenvalue weighted by molar-refractivity contribution is 6.30. The van der Waals surface area contributed by atoms with Crippen LogP contribution in [0.2, 0.25) is 5.02 Å². The van der Waals surface area contributed by atoms with Gasteiger partial charge in [0, 0.05) is 17.4 Å². The Morgan fingerprint density at radius 1 is 1.53 bits per heavy atom. The van der Waals surface area contributed by atoms with Crippen molar-refractivity contribution < 1.29 is 4.39 Å². The van der Waals surface area contributed by atoms with Gasteiger partial charge in [0.2, 0.25) is 0 Å². The smallest absolute Gasteiger partial charge is 0.127 e. The van der Waals surface area contributed by atoms with Crippen molar-refractivity contribution in [2.45, 2.75) is 12.5 Å². The molecule has 0 spiro atoms. The minimum atomic E-state index is -0.288. The highest BCUT2D eigenvalue weighted by Gasteiger charge is 2.14. The van der Waals surface area contributed by atoms with Crippen LogP contribution in [0.3, 0.4) is 0 Å². The van der Waals surface area contributed by atoms with Crippen LogP contribution in [0.4, 0.5) is 4.39 Å². The lowest BCUT2D eigenvalue weighted by Gasteiger charge is -2.14. The summed E-state index contributed by atoms with van der Waals surface area (Å²) in [6.45, 7) is 0. The topological polar surface area (TPSA) is 40.7 Å². The van der Waals surface area contributed by atoms with Crippen LogP contribution in [0, 0.1) is 5.82 Å². The van der Waals surface area contributed by atoms with Gasteiger partial charge in [-0.1, -0.05) is 17.7 Å². The zero-order valence-corrected chi connectivity index (χ0v) is 10.1. The number of halogens is 2. The third kappa shape index (κ3) is 2.84. The molecule has 2 aromatic rings. The van der Waals surface area contributed by atoms with Crippen molar-refractivity contribution in [2.75, 3.05) is 7.05 Å². The first-order chi connectivity index (χ1) is 8.20. The van der Waals surface area contributed by atoms with Gasteiger partial charge < -0.3 is 10.3 Å². The van der Waals surface area contributed by atoms with Gasteiger partial charge in [-0.3, -0.25) is 0 Å². The lowest BCUT2D eigenvalue weighted by atomic mass is 10.1. The molecule has 3 nitrogen and oxygen atoms in total. The molecule has 0 radical (unpaired) electrons. The van der Waals surface area contributed by atoms with Gasteiger partial charge in [-0.15, -0.1) is 0 Å². The first-order valence-electron chi connectivity index (χ1n) is 5.31. The first-order valence-corrected chi connectivity index (χ1v) is 5.69. The Morgan fingerprint density at radius 2 is 2.35 bits per heavy atom. The maximum absolute atomic E-state index is 13.6. The number of imidazole rings is 1. The number of likely N-dealkylation sites (N-methyl/N-ethyl adjacent to an activating group) is 1. The second kappa shape index (κ2) is 5.29. The summed E-state index contributed by atoms with van der Waals surface area (Å²) in [7, 11) is 1.82. The van der Waals surface area contributed by atoms with Gasteiger partial charge in [-0.2, -0.15) is 0 Å². The molecule has 0 aliphatic carbocycles. The molecule has 1 atom stereocenters. The first kappa shape index (κ1) is 12.1. The molecule has 0 saturated heterocycles. The molecule has 0 saturated carbocycles. The van der Waals surface area contributed by atoms with Crippen LogP contribution >= 0.6 is 11.6 Å². The predicted molar refractivity (Wildman–Crippen MR) is 65.5 cm³/mol. The fraction of sp³-hybridized carbons (Fsp3) is 0.250. The minimum absolute atomic E-state index is 0.0410. The molecule has 1 heterocycles. The number of hydrogen-bond acceptors (Lipinski definition) is 2. The number of H-pyrrole nitrogens is 1. The Hall–Kier alpha value is -1.39. The molecule has 0 aliphatic heterocycles. The van der Waals surface area contributed by atoms with E-state index in [1.807, 2.05) is 7.05 Å². The second-order valence-corrected chi connectivity index (χ2v) is 4.19. The normalized spacial score (nSPS) is 12.6. The summed E-state index contributed by atoms with van der Waals surface area (Å²) < 4.78 is 13.6. The highest BCUT2D eigenvalue weighted by Crippen LogP contribution is 2.20. The zero-order valence-electron chi connectivity index (χ0n) is 9.37. The van der Waals surface area contributed by atoms with E-state index in [1.165, 1.54) is 6.07 Å². The van der Waals surface area contributed by atoms with Crippen molar-refractivity contribution in [1.82, 2.24) is 15.3 Å². The molecule has 90 valence electrons. The lowest BCUT2D eigenvalue weighted by Crippen LogP contribution is -2.20. The molecule has 17 heavy (non-hydrogen) atoms. The number of aromatic nitrogens is 2. The van der Waals surface area contributed by atoms with Gasteiger partial charge in [0.05, 0.1) is 6.04 Å². The van der Waals surface area contributed by atoms with Gasteiger partial charge in [-0.05, 0) is 31.2 Å². The average molecular weight is 254 g/mol. The van der Waals surface area contributed by atoms with E-state index in [4.69, 9.17) is 11.6 Å². The summed E-state index contributed by atoms with van der Waals surface area (Å²) in [6, 6.07) is 4.67. The maximum Gasteiger partial charge on any atom is 0.127 e. The SMILES string of the molecule is CNC(Cc1ccc(Cl)cc1F)c1ncc[nH]1. The predicted octanol–water partition coefficient (Wildman–Crippen LogP) is 2.71. The lowest BCUT2D eigenvalue weighted by molar-refractivity contribution is 0.536. The molecular formula is C12H13ClFN3. The van der Waals surface area contributed by atoms with Crippen LogP contribution < -0.4 is 5.32 Å².